The highest BCUT2D eigenvalue weighted by atomic mass is 16.5. The number of methoxy groups -OCH3 is 1. The van der Waals surface area contributed by atoms with Crippen molar-refractivity contribution in [3.05, 3.63) is 41.3 Å². The molecule has 3 rings (SSSR count). The first kappa shape index (κ1) is 17.5. The highest BCUT2D eigenvalue weighted by Gasteiger charge is 2.34. The zero-order chi connectivity index (χ0) is 17.6. The number of likely N-dealkylation sites (tertiary alicyclic amines) is 1. The van der Waals surface area contributed by atoms with E-state index in [1.807, 2.05) is 13.0 Å². The highest BCUT2D eigenvalue weighted by molar-refractivity contribution is 5.94. The molecule has 25 heavy (non-hydrogen) atoms. The molecule has 0 saturated carbocycles. The van der Waals surface area contributed by atoms with E-state index in [0.717, 1.165) is 18.5 Å². The normalized spacial score (nSPS) is 17.2. The summed E-state index contributed by atoms with van der Waals surface area (Å²) < 4.78 is 15.5. The fourth-order valence-corrected chi connectivity index (χ4v) is 2.80. The van der Waals surface area contributed by atoms with Gasteiger partial charge in [-0.2, -0.15) is 4.98 Å². The van der Waals surface area contributed by atoms with Gasteiger partial charge >= 0.3 is 0 Å². The van der Waals surface area contributed by atoms with Gasteiger partial charge in [-0.25, -0.2) is 0 Å². The fourth-order valence-electron chi connectivity index (χ4n) is 2.80. The average molecular weight is 346 g/mol. The second-order valence-corrected chi connectivity index (χ2v) is 5.94. The van der Waals surface area contributed by atoms with Crippen LogP contribution in [0.4, 0.5) is 0 Å². The maximum Gasteiger partial charge on any atom is 0.256 e. The summed E-state index contributed by atoms with van der Waals surface area (Å²) in [6.07, 6.45) is 3.33. The number of carbonyl (C=O) groups is 1. The molecular weight excluding hydrogens is 324 g/mol. The van der Waals surface area contributed by atoms with Gasteiger partial charge in [-0.3, -0.25) is 9.78 Å². The predicted molar refractivity (Wildman–Crippen MR) is 87.8 cm³/mol. The number of pyridine rings is 1. The summed E-state index contributed by atoms with van der Waals surface area (Å²) in [6, 6.07) is 3.46. The van der Waals surface area contributed by atoms with E-state index in [1.165, 1.54) is 0 Å². The summed E-state index contributed by atoms with van der Waals surface area (Å²) in [5.41, 5.74) is 1.45. The second-order valence-electron chi connectivity index (χ2n) is 5.94. The van der Waals surface area contributed by atoms with Gasteiger partial charge in [0, 0.05) is 25.5 Å². The number of carbonyl (C=O) groups excluding carboxylic acids is 1. The summed E-state index contributed by atoms with van der Waals surface area (Å²) in [5.74, 6) is 0.872. The maximum atomic E-state index is 12.8. The molecule has 1 aliphatic rings. The number of hydrogen-bond donors (Lipinski definition) is 0. The molecular formula is C17H22N4O4. The molecule has 1 aliphatic heterocycles. The first-order valence-corrected chi connectivity index (χ1v) is 8.32. The minimum atomic E-state index is -0.176. The van der Waals surface area contributed by atoms with Crippen LogP contribution in [0.5, 0.6) is 0 Å². The molecule has 0 N–H and O–H groups in total. The van der Waals surface area contributed by atoms with Gasteiger partial charge < -0.3 is 18.9 Å². The van der Waals surface area contributed by atoms with Crippen molar-refractivity contribution in [1.82, 2.24) is 20.0 Å². The Hall–Kier alpha value is -2.32. The van der Waals surface area contributed by atoms with E-state index in [-0.39, 0.29) is 18.6 Å². The lowest BCUT2D eigenvalue weighted by atomic mass is 10.2. The van der Waals surface area contributed by atoms with Crippen LogP contribution in [-0.4, -0.2) is 52.8 Å². The van der Waals surface area contributed by atoms with Gasteiger partial charge in [-0.15, -0.1) is 0 Å². The zero-order valence-corrected chi connectivity index (χ0v) is 14.5. The molecule has 1 amide bonds. The molecule has 0 spiro atoms. The fraction of sp³-hybridized carbons (Fsp3) is 0.529. The molecule has 1 fully saturated rings. The molecule has 0 aliphatic carbocycles. The Morgan fingerprint density at radius 1 is 1.40 bits per heavy atom. The number of amides is 1. The van der Waals surface area contributed by atoms with Gasteiger partial charge in [0.1, 0.15) is 6.61 Å². The molecule has 3 heterocycles. The Labute approximate surface area is 146 Å². The highest BCUT2D eigenvalue weighted by Crippen LogP contribution is 2.31. The van der Waals surface area contributed by atoms with Crippen molar-refractivity contribution in [3.8, 4) is 0 Å². The van der Waals surface area contributed by atoms with E-state index in [2.05, 4.69) is 15.1 Å². The Kier molecular flexibility index (Phi) is 5.72. The van der Waals surface area contributed by atoms with Gasteiger partial charge in [0.2, 0.25) is 0 Å². The lowest BCUT2D eigenvalue weighted by Crippen LogP contribution is -2.31. The van der Waals surface area contributed by atoms with E-state index >= 15 is 0 Å². The van der Waals surface area contributed by atoms with Crippen molar-refractivity contribution in [2.45, 2.75) is 32.4 Å². The van der Waals surface area contributed by atoms with Crippen LogP contribution in [0.3, 0.4) is 0 Å². The van der Waals surface area contributed by atoms with E-state index in [0.29, 0.717) is 37.0 Å². The molecule has 134 valence electrons. The molecule has 0 aromatic carbocycles. The number of aryl methyl sites for hydroxylation is 1. The summed E-state index contributed by atoms with van der Waals surface area (Å²) in [5, 5.41) is 4.03. The van der Waals surface area contributed by atoms with Crippen molar-refractivity contribution < 1.29 is 18.8 Å². The van der Waals surface area contributed by atoms with E-state index < -0.39 is 0 Å². The smallest absolute Gasteiger partial charge is 0.256 e. The summed E-state index contributed by atoms with van der Waals surface area (Å²) in [4.78, 5) is 23.1. The van der Waals surface area contributed by atoms with Crippen LogP contribution in [0.25, 0.3) is 0 Å². The van der Waals surface area contributed by atoms with E-state index in [4.69, 9.17) is 14.0 Å². The van der Waals surface area contributed by atoms with Crippen LogP contribution < -0.4 is 0 Å². The van der Waals surface area contributed by atoms with Crippen LogP contribution in [-0.2, 0) is 16.1 Å². The van der Waals surface area contributed by atoms with Gasteiger partial charge in [0.05, 0.1) is 24.8 Å². The van der Waals surface area contributed by atoms with Crippen molar-refractivity contribution in [2.75, 3.05) is 26.9 Å². The van der Waals surface area contributed by atoms with Crippen molar-refractivity contribution >= 4 is 5.91 Å². The summed E-state index contributed by atoms with van der Waals surface area (Å²) >= 11 is 0. The minimum Gasteiger partial charge on any atom is -0.382 e. The van der Waals surface area contributed by atoms with Crippen LogP contribution in [0.2, 0.25) is 0 Å². The predicted octanol–water partition coefficient (Wildman–Crippen LogP) is 1.91. The first-order chi connectivity index (χ1) is 12.2. The third-order valence-corrected chi connectivity index (χ3v) is 4.11. The van der Waals surface area contributed by atoms with E-state index in [9.17, 15) is 4.79 Å². The largest absolute Gasteiger partial charge is 0.382 e. The van der Waals surface area contributed by atoms with Crippen LogP contribution in [0.1, 0.15) is 46.7 Å². The maximum absolute atomic E-state index is 12.8. The molecule has 1 atom stereocenters. The Morgan fingerprint density at radius 3 is 3.04 bits per heavy atom. The monoisotopic (exact) mass is 346 g/mol. The van der Waals surface area contributed by atoms with Crippen LogP contribution in [0, 0.1) is 6.92 Å². The molecule has 0 bridgehead atoms. The Morgan fingerprint density at radius 2 is 2.28 bits per heavy atom. The molecule has 8 nitrogen and oxygen atoms in total. The average Bonchev–Trinajstić information content (AvgIpc) is 3.28. The number of rotatable bonds is 7. The number of ether oxygens (including phenoxy) is 2. The second kappa shape index (κ2) is 8.17. The molecule has 1 saturated heterocycles. The lowest BCUT2D eigenvalue weighted by molar-refractivity contribution is 0.0494. The molecule has 2 aromatic heterocycles. The number of aromatic nitrogens is 3. The van der Waals surface area contributed by atoms with Gasteiger partial charge in [-0.05, 0) is 31.9 Å². The van der Waals surface area contributed by atoms with Gasteiger partial charge in [0.15, 0.2) is 5.82 Å². The van der Waals surface area contributed by atoms with Crippen molar-refractivity contribution in [3.63, 3.8) is 0 Å². The Balaban J connectivity index is 1.66. The molecule has 0 radical (unpaired) electrons. The zero-order valence-electron chi connectivity index (χ0n) is 14.5. The Bertz CT molecular complexity index is 701. The van der Waals surface area contributed by atoms with Crippen molar-refractivity contribution in [2.24, 2.45) is 0 Å². The third-order valence-electron chi connectivity index (χ3n) is 4.11. The van der Waals surface area contributed by atoms with Gasteiger partial charge in [0.25, 0.3) is 11.8 Å². The third kappa shape index (κ3) is 4.21. The van der Waals surface area contributed by atoms with Crippen molar-refractivity contribution in [1.29, 1.82) is 0 Å². The standard InChI is InChI=1S/C17H22N4O4/c1-12-5-6-13(10-18-12)17(22)21-7-3-4-14(21)16-19-15(25-20-16)11-24-9-8-23-2/h5-6,10,14H,3-4,7-9,11H2,1-2H3. The number of nitrogens with zero attached hydrogens (tertiary/aromatic N) is 4. The SMILES string of the molecule is COCCOCc1nc(C2CCCN2C(=O)c2ccc(C)nc2)no1. The quantitative estimate of drug-likeness (QED) is 0.707. The number of hydrogen-bond acceptors (Lipinski definition) is 7. The van der Waals surface area contributed by atoms with Gasteiger partial charge in [-0.1, -0.05) is 5.16 Å². The summed E-state index contributed by atoms with van der Waals surface area (Å²) in [6.45, 7) is 3.77. The molecule has 8 heteroatoms. The first-order valence-electron chi connectivity index (χ1n) is 8.32. The van der Waals surface area contributed by atoms with E-state index in [1.54, 1.807) is 24.3 Å². The lowest BCUT2D eigenvalue weighted by Gasteiger charge is -2.22. The topological polar surface area (TPSA) is 90.6 Å². The molecule has 2 aromatic rings. The summed E-state index contributed by atoms with van der Waals surface area (Å²) in [7, 11) is 1.61. The molecule has 1 unspecified atom stereocenters. The van der Waals surface area contributed by atoms with Crippen LogP contribution >= 0.6 is 0 Å². The minimum absolute atomic E-state index is 0.0577. The van der Waals surface area contributed by atoms with Crippen LogP contribution in [0.15, 0.2) is 22.9 Å².